The van der Waals surface area contributed by atoms with E-state index in [-0.39, 0.29) is 25.6 Å². The average Bonchev–Trinajstić information content (AvgIpc) is 3.07. The molecule has 2 rings (SSSR count). The van der Waals surface area contributed by atoms with E-state index in [0.29, 0.717) is 19.0 Å². The van der Waals surface area contributed by atoms with Crippen LogP contribution in [0.5, 0.6) is 0 Å². The highest BCUT2D eigenvalue weighted by Gasteiger charge is 2.52. The molecule has 0 radical (unpaired) electrons. The average molecular weight is 314 g/mol. The van der Waals surface area contributed by atoms with Gasteiger partial charge < -0.3 is 14.2 Å². The zero-order valence-electron chi connectivity index (χ0n) is 13.2. The molecular weight excluding hydrogens is 292 g/mol. The number of nitrogens with zero attached hydrogens (tertiary/aromatic N) is 2. The van der Waals surface area contributed by atoms with Crippen molar-refractivity contribution >= 4 is 17.8 Å². The second kappa shape index (κ2) is 7.06. The fourth-order valence-corrected chi connectivity index (χ4v) is 2.51. The zero-order valence-corrected chi connectivity index (χ0v) is 13.2. The number of carbonyl (C=O) groups excluding carboxylic acids is 2. The first-order valence-electron chi connectivity index (χ1n) is 7.45. The number of aliphatic imine (C=N–C) groups is 1. The van der Waals surface area contributed by atoms with Crippen molar-refractivity contribution in [2.75, 3.05) is 33.5 Å². The summed E-state index contributed by atoms with van der Waals surface area (Å²) in [6.45, 7) is 4.94. The fraction of sp³-hybridized carbons (Fsp3) is 0.786. The van der Waals surface area contributed by atoms with E-state index in [9.17, 15) is 9.59 Å². The van der Waals surface area contributed by atoms with Crippen LogP contribution in [0.2, 0.25) is 0 Å². The Labute approximate surface area is 129 Å². The summed E-state index contributed by atoms with van der Waals surface area (Å²) in [7, 11) is 1.66. The Morgan fingerprint density at radius 2 is 2.09 bits per heavy atom. The highest BCUT2D eigenvalue weighted by Crippen LogP contribution is 2.32. The molecule has 2 atom stereocenters. The van der Waals surface area contributed by atoms with E-state index >= 15 is 0 Å². The highest BCUT2D eigenvalue weighted by atomic mass is 16.7. The Balaban J connectivity index is 2.24. The smallest absolute Gasteiger partial charge is 0.364 e. The standard InChI is InChI=1S/C14H22N2O6/c1-4-20-11(17)8-14(13(18)21-5-2)15-12(16(3)22-14)10-6-7-19-9-10/h10H,4-9H2,1-3H3. The molecule has 2 heterocycles. The maximum atomic E-state index is 12.3. The Kier molecular flexibility index (Phi) is 5.36. The lowest BCUT2D eigenvalue weighted by atomic mass is 10.1. The van der Waals surface area contributed by atoms with Crippen LogP contribution in [-0.4, -0.2) is 62.0 Å². The molecule has 0 bridgehead atoms. The number of hydrogen-bond donors (Lipinski definition) is 0. The summed E-state index contributed by atoms with van der Waals surface area (Å²) in [5, 5.41) is 1.43. The summed E-state index contributed by atoms with van der Waals surface area (Å²) in [5.74, 6) is -0.612. The summed E-state index contributed by atoms with van der Waals surface area (Å²) in [6, 6.07) is 0. The Hall–Kier alpha value is -1.67. The fourth-order valence-electron chi connectivity index (χ4n) is 2.51. The SMILES string of the molecule is CCOC(=O)CC1(C(=O)OCC)N=C(C2CCOC2)N(C)O1. The van der Waals surface area contributed by atoms with Crippen LogP contribution in [0.3, 0.4) is 0 Å². The third-order valence-electron chi connectivity index (χ3n) is 3.48. The summed E-state index contributed by atoms with van der Waals surface area (Å²) >= 11 is 0. The molecule has 22 heavy (non-hydrogen) atoms. The molecule has 2 aliphatic heterocycles. The molecule has 8 nitrogen and oxygen atoms in total. The topological polar surface area (TPSA) is 86.7 Å². The molecule has 0 aromatic rings. The largest absolute Gasteiger partial charge is 0.466 e. The maximum Gasteiger partial charge on any atom is 0.364 e. The van der Waals surface area contributed by atoms with E-state index in [2.05, 4.69) is 4.99 Å². The van der Waals surface area contributed by atoms with Gasteiger partial charge in [-0.3, -0.25) is 4.79 Å². The van der Waals surface area contributed by atoms with Crippen molar-refractivity contribution in [3.05, 3.63) is 0 Å². The normalized spacial score (nSPS) is 27.7. The molecule has 2 unspecified atom stereocenters. The van der Waals surface area contributed by atoms with Crippen LogP contribution in [0.25, 0.3) is 0 Å². The van der Waals surface area contributed by atoms with Gasteiger partial charge in [-0.15, -0.1) is 0 Å². The van der Waals surface area contributed by atoms with Gasteiger partial charge >= 0.3 is 11.9 Å². The molecular formula is C14H22N2O6. The van der Waals surface area contributed by atoms with Crippen LogP contribution in [0.4, 0.5) is 0 Å². The Bertz CT molecular complexity index is 460. The predicted octanol–water partition coefficient (Wildman–Crippen LogP) is 0.511. The van der Waals surface area contributed by atoms with Gasteiger partial charge in [0.15, 0.2) is 0 Å². The van der Waals surface area contributed by atoms with Crippen LogP contribution >= 0.6 is 0 Å². The van der Waals surface area contributed by atoms with Crippen molar-refractivity contribution in [3.63, 3.8) is 0 Å². The van der Waals surface area contributed by atoms with E-state index in [1.54, 1.807) is 20.9 Å². The number of hydrogen-bond acceptors (Lipinski definition) is 8. The van der Waals surface area contributed by atoms with Gasteiger partial charge in [0, 0.05) is 19.6 Å². The van der Waals surface area contributed by atoms with Gasteiger partial charge in [0.1, 0.15) is 12.3 Å². The number of ether oxygens (including phenoxy) is 3. The summed E-state index contributed by atoms with van der Waals surface area (Å²) in [6.07, 6.45) is 0.478. The minimum Gasteiger partial charge on any atom is -0.466 e. The molecule has 0 aromatic carbocycles. The lowest BCUT2D eigenvalue weighted by Gasteiger charge is -2.23. The molecule has 124 valence electrons. The number of carbonyl (C=O) groups is 2. The van der Waals surface area contributed by atoms with E-state index < -0.39 is 17.7 Å². The number of rotatable bonds is 6. The van der Waals surface area contributed by atoms with E-state index in [4.69, 9.17) is 19.0 Å². The first-order valence-corrected chi connectivity index (χ1v) is 7.45. The van der Waals surface area contributed by atoms with Crippen molar-refractivity contribution in [1.82, 2.24) is 5.06 Å². The van der Waals surface area contributed by atoms with Gasteiger partial charge in [0.2, 0.25) is 0 Å². The Morgan fingerprint density at radius 3 is 2.68 bits per heavy atom. The number of amidine groups is 1. The van der Waals surface area contributed by atoms with E-state index in [1.807, 2.05) is 0 Å². The third-order valence-corrected chi connectivity index (χ3v) is 3.48. The van der Waals surface area contributed by atoms with Crippen molar-refractivity contribution in [3.8, 4) is 0 Å². The van der Waals surface area contributed by atoms with Gasteiger partial charge in [-0.05, 0) is 20.3 Å². The van der Waals surface area contributed by atoms with Crippen LogP contribution in [0, 0.1) is 5.92 Å². The molecule has 2 aliphatic rings. The zero-order chi connectivity index (χ0) is 16.2. The van der Waals surface area contributed by atoms with Gasteiger partial charge in [0.05, 0.1) is 19.8 Å². The van der Waals surface area contributed by atoms with Gasteiger partial charge in [0.25, 0.3) is 5.72 Å². The molecule has 1 fully saturated rings. The molecule has 1 saturated heterocycles. The maximum absolute atomic E-state index is 12.3. The lowest BCUT2D eigenvalue weighted by molar-refractivity contribution is -0.208. The Morgan fingerprint density at radius 1 is 1.36 bits per heavy atom. The first-order chi connectivity index (χ1) is 10.5. The predicted molar refractivity (Wildman–Crippen MR) is 75.8 cm³/mol. The minimum atomic E-state index is -1.70. The molecule has 0 aliphatic carbocycles. The molecule has 0 saturated carbocycles. The van der Waals surface area contributed by atoms with Crippen LogP contribution < -0.4 is 0 Å². The van der Waals surface area contributed by atoms with Crippen molar-refractivity contribution in [2.45, 2.75) is 32.4 Å². The quantitative estimate of drug-likeness (QED) is 0.660. The summed E-state index contributed by atoms with van der Waals surface area (Å²) in [4.78, 5) is 34.1. The van der Waals surface area contributed by atoms with Gasteiger partial charge in [-0.25, -0.2) is 19.7 Å². The van der Waals surface area contributed by atoms with Crippen LogP contribution in [-0.2, 0) is 28.6 Å². The van der Waals surface area contributed by atoms with Gasteiger partial charge in [-0.2, -0.15) is 0 Å². The highest BCUT2D eigenvalue weighted by molar-refractivity contribution is 5.93. The summed E-state index contributed by atoms with van der Waals surface area (Å²) < 4.78 is 15.3. The molecule has 0 N–H and O–H groups in total. The van der Waals surface area contributed by atoms with Crippen molar-refractivity contribution < 1.29 is 28.6 Å². The number of hydroxylamine groups is 2. The van der Waals surface area contributed by atoms with E-state index in [1.165, 1.54) is 5.06 Å². The van der Waals surface area contributed by atoms with Crippen LogP contribution in [0.15, 0.2) is 4.99 Å². The van der Waals surface area contributed by atoms with E-state index in [0.717, 1.165) is 6.42 Å². The van der Waals surface area contributed by atoms with Crippen molar-refractivity contribution in [2.24, 2.45) is 10.9 Å². The monoisotopic (exact) mass is 314 g/mol. The molecule has 0 amide bonds. The molecule has 0 aromatic heterocycles. The van der Waals surface area contributed by atoms with Crippen LogP contribution in [0.1, 0.15) is 26.7 Å². The first kappa shape index (κ1) is 16.7. The lowest BCUT2D eigenvalue weighted by Crippen LogP contribution is -2.43. The second-order valence-corrected chi connectivity index (χ2v) is 5.11. The van der Waals surface area contributed by atoms with Gasteiger partial charge in [-0.1, -0.05) is 0 Å². The second-order valence-electron chi connectivity index (χ2n) is 5.11. The molecule has 0 spiro atoms. The minimum absolute atomic E-state index is 0.0449. The molecule has 8 heteroatoms. The van der Waals surface area contributed by atoms with Crippen molar-refractivity contribution in [1.29, 1.82) is 0 Å². The summed E-state index contributed by atoms with van der Waals surface area (Å²) in [5.41, 5.74) is -1.70. The number of esters is 2. The third kappa shape index (κ3) is 3.38.